The third-order valence-corrected chi connectivity index (χ3v) is 6.18. The van der Waals surface area contributed by atoms with Crippen LogP contribution in [0.2, 0.25) is 0 Å². The summed E-state index contributed by atoms with van der Waals surface area (Å²) in [6.45, 7) is 6.40. The lowest BCUT2D eigenvalue weighted by atomic mass is 9.88. The molecule has 0 aromatic rings. The number of nitrogens with one attached hydrogen (secondary N) is 2. The van der Waals surface area contributed by atoms with Crippen molar-refractivity contribution in [3.8, 4) is 0 Å². The van der Waals surface area contributed by atoms with Gasteiger partial charge in [0.1, 0.15) is 0 Å². The zero-order valence-corrected chi connectivity index (χ0v) is 17.5. The summed E-state index contributed by atoms with van der Waals surface area (Å²) < 4.78 is 0. The fraction of sp³-hybridized carbons (Fsp3) is 0.889. The molecule has 3 N–H and O–H groups in total. The second kappa shape index (κ2) is 11.9. The van der Waals surface area contributed by atoms with Gasteiger partial charge in [0.15, 0.2) is 0 Å². The molecule has 7 nitrogen and oxygen atoms in total. The van der Waals surface area contributed by atoms with Gasteiger partial charge in [-0.25, -0.2) is 4.79 Å². The number of amides is 2. The largest absolute Gasteiger partial charge is 0.481 e. The maximum atomic E-state index is 12.3. The van der Waals surface area contributed by atoms with E-state index in [2.05, 4.69) is 20.4 Å². The van der Waals surface area contributed by atoms with E-state index in [4.69, 9.17) is 5.11 Å². The van der Waals surface area contributed by atoms with Gasteiger partial charge in [0, 0.05) is 19.6 Å². The molecule has 0 bridgehead atoms. The number of aliphatic carboxylic acids is 1. The number of carboxylic acid groups (broad SMARTS) is 1. The molecule has 1 unspecified atom stereocenters. The highest BCUT2D eigenvalue weighted by molar-refractivity contribution is 5.85. The highest BCUT2D eigenvalue weighted by Crippen LogP contribution is 2.28. The molecule has 0 aliphatic carbocycles. The van der Waals surface area contributed by atoms with E-state index in [0.717, 1.165) is 64.4 Å². The standard InChI is InChI=1S/C18H32N4O3.2ClH/c23-17(24)6-11-21-9-4-15(5-10-21)16-13-20-18(25)22(16)12-3-14-1-7-19-8-2-14;;/h14-16,19H,1-13H2,(H,20,25)(H,23,24);2*1H. The Morgan fingerprint density at radius 1 is 1.07 bits per heavy atom. The summed E-state index contributed by atoms with van der Waals surface area (Å²) in [5.74, 6) is 0.554. The third kappa shape index (κ3) is 6.97. The second-order valence-corrected chi connectivity index (χ2v) is 7.75. The lowest BCUT2D eigenvalue weighted by Crippen LogP contribution is -2.45. The minimum absolute atomic E-state index is 0. The zero-order chi connectivity index (χ0) is 17.6. The van der Waals surface area contributed by atoms with Crippen LogP contribution in [-0.4, -0.2) is 78.8 Å². The third-order valence-electron chi connectivity index (χ3n) is 6.18. The summed E-state index contributed by atoms with van der Waals surface area (Å²) in [5.41, 5.74) is 0. The van der Waals surface area contributed by atoms with Crippen molar-refractivity contribution >= 4 is 36.8 Å². The quantitative estimate of drug-likeness (QED) is 0.579. The highest BCUT2D eigenvalue weighted by Gasteiger charge is 2.37. The Bertz CT molecular complexity index is 470. The number of piperidine rings is 2. The van der Waals surface area contributed by atoms with E-state index in [-0.39, 0.29) is 37.3 Å². The van der Waals surface area contributed by atoms with Crippen LogP contribution in [0.5, 0.6) is 0 Å². The number of halogens is 2. The van der Waals surface area contributed by atoms with E-state index in [1.54, 1.807) is 0 Å². The first-order valence-electron chi connectivity index (χ1n) is 9.83. The minimum atomic E-state index is -0.725. The van der Waals surface area contributed by atoms with Gasteiger partial charge in [-0.3, -0.25) is 4.79 Å². The Morgan fingerprint density at radius 2 is 1.74 bits per heavy atom. The number of carboxylic acids is 1. The molecule has 158 valence electrons. The number of hydrogen-bond donors (Lipinski definition) is 3. The van der Waals surface area contributed by atoms with Gasteiger partial charge in [0.05, 0.1) is 12.5 Å². The first kappa shape index (κ1) is 24.3. The van der Waals surface area contributed by atoms with Crippen molar-refractivity contribution in [3.63, 3.8) is 0 Å². The van der Waals surface area contributed by atoms with Gasteiger partial charge in [-0.05, 0) is 70.1 Å². The first-order chi connectivity index (χ1) is 12.1. The molecule has 0 aromatic heterocycles. The van der Waals surface area contributed by atoms with Crippen LogP contribution in [-0.2, 0) is 4.79 Å². The lowest BCUT2D eigenvalue weighted by Gasteiger charge is -2.37. The van der Waals surface area contributed by atoms with Crippen molar-refractivity contribution in [2.45, 2.75) is 44.6 Å². The molecule has 3 fully saturated rings. The molecule has 3 aliphatic heterocycles. The van der Waals surface area contributed by atoms with E-state index in [9.17, 15) is 9.59 Å². The molecular formula is C18H34Cl2N4O3. The zero-order valence-electron chi connectivity index (χ0n) is 15.9. The Morgan fingerprint density at radius 3 is 2.37 bits per heavy atom. The van der Waals surface area contributed by atoms with Crippen LogP contribution in [0.15, 0.2) is 0 Å². The molecule has 1 atom stereocenters. The van der Waals surface area contributed by atoms with E-state index >= 15 is 0 Å². The van der Waals surface area contributed by atoms with Crippen molar-refractivity contribution in [2.24, 2.45) is 11.8 Å². The summed E-state index contributed by atoms with van der Waals surface area (Å²) >= 11 is 0. The Balaban J connectivity index is 0.00000182. The molecule has 2 amide bonds. The summed E-state index contributed by atoms with van der Waals surface area (Å²) in [6, 6.07) is 0.420. The predicted molar refractivity (Wildman–Crippen MR) is 110 cm³/mol. The van der Waals surface area contributed by atoms with Gasteiger partial charge in [-0.2, -0.15) is 0 Å². The highest BCUT2D eigenvalue weighted by atomic mass is 35.5. The molecule has 0 saturated carbocycles. The molecule has 0 radical (unpaired) electrons. The molecule has 3 heterocycles. The molecule has 3 aliphatic rings. The monoisotopic (exact) mass is 424 g/mol. The first-order valence-corrected chi connectivity index (χ1v) is 9.83. The molecule has 0 spiro atoms. The van der Waals surface area contributed by atoms with Gasteiger partial charge in [0.25, 0.3) is 0 Å². The van der Waals surface area contributed by atoms with Crippen LogP contribution in [0.3, 0.4) is 0 Å². The van der Waals surface area contributed by atoms with Crippen molar-refractivity contribution < 1.29 is 14.7 Å². The molecule has 9 heteroatoms. The van der Waals surface area contributed by atoms with Gasteiger partial charge in [-0.1, -0.05) is 0 Å². The van der Waals surface area contributed by atoms with Gasteiger partial charge >= 0.3 is 12.0 Å². The van der Waals surface area contributed by atoms with Crippen LogP contribution in [0.4, 0.5) is 4.79 Å². The Hall–Kier alpha value is -0.760. The number of carbonyl (C=O) groups excluding carboxylic acids is 1. The van der Waals surface area contributed by atoms with Crippen molar-refractivity contribution in [1.82, 2.24) is 20.4 Å². The summed E-state index contributed by atoms with van der Waals surface area (Å²) in [7, 11) is 0. The second-order valence-electron chi connectivity index (χ2n) is 7.75. The number of likely N-dealkylation sites (tertiary alicyclic amines) is 1. The fourth-order valence-corrected chi connectivity index (χ4v) is 4.55. The van der Waals surface area contributed by atoms with Crippen molar-refractivity contribution in [2.75, 3.05) is 45.8 Å². The predicted octanol–water partition coefficient (Wildman–Crippen LogP) is 1.80. The summed E-state index contributed by atoms with van der Waals surface area (Å²) in [6.07, 6.45) is 5.90. The number of urea groups is 1. The van der Waals surface area contributed by atoms with Crippen LogP contribution < -0.4 is 10.6 Å². The van der Waals surface area contributed by atoms with Crippen LogP contribution in [0.25, 0.3) is 0 Å². The van der Waals surface area contributed by atoms with E-state index in [1.807, 2.05) is 0 Å². The van der Waals surface area contributed by atoms with Crippen molar-refractivity contribution in [1.29, 1.82) is 0 Å². The number of hydrogen-bond acceptors (Lipinski definition) is 4. The average Bonchev–Trinajstić information content (AvgIpc) is 3.00. The van der Waals surface area contributed by atoms with Gasteiger partial charge in [-0.15, -0.1) is 24.8 Å². The molecular weight excluding hydrogens is 391 g/mol. The SMILES string of the molecule is Cl.Cl.O=C(O)CCN1CCC(C2CNC(=O)N2CCC2CCNCC2)CC1. The fourth-order valence-electron chi connectivity index (χ4n) is 4.55. The Kier molecular flexibility index (Phi) is 10.7. The maximum absolute atomic E-state index is 12.3. The molecule has 3 rings (SSSR count). The topological polar surface area (TPSA) is 84.9 Å². The van der Waals surface area contributed by atoms with Gasteiger partial charge in [0.2, 0.25) is 0 Å². The molecule has 0 aromatic carbocycles. The molecule has 3 saturated heterocycles. The summed E-state index contributed by atoms with van der Waals surface area (Å²) in [4.78, 5) is 27.3. The van der Waals surface area contributed by atoms with E-state index in [0.29, 0.717) is 18.5 Å². The number of rotatable bonds is 7. The van der Waals surface area contributed by atoms with Crippen LogP contribution in [0.1, 0.15) is 38.5 Å². The number of carbonyl (C=O) groups is 2. The smallest absolute Gasteiger partial charge is 0.317 e. The van der Waals surface area contributed by atoms with Crippen LogP contribution >= 0.6 is 24.8 Å². The average molecular weight is 425 g/mol. The Labute approximate surface area is 174 Å². The molecule has 27 heavy (non-hydrogen) atoms. The van der Waals surface area contributed by atoms with E-state index < -0.39 is 5.97 Å². The number of nitrogens with zero attached hydrogens (tertiary/aromatic N) is 2. The lowest BCUT2D eigenvalue weighted by molar-refractivity contribution is -0.137. The van der Waals surface area contributed by atoms with E-state index in [1.165, 1.54) is 12.8 Å². The van der Waals surface area contributed by atoms with Crippen LogP contribution in [0, 0.1) is 11.8 Å². The van der Waals surface area contributed by atoms with Crippen molar-refractivity contribution in [3.05, 3.63) is 0 Å². The normalized spacial score (nSPS) is 24.8. The summed E-state index contributed by atoms with van der Waals surface area (Å²) in [5, 5.41) is 15.3. The minimum Gasteiger partial charge on any atom is -0.481 e. The van der Waals surface area contributed by atoms with Gasteiger partial charge < -0.3 is 25.5 Å². The maximum Gasteiger partial charge on any atom is 0.317 e.